The maximum absolute atomic E-state index is 13.4. The molecule has 0 saturated heterocycles. The quantitative estimate of drug-likeness (QED) is 0.706. The van der Waals surface area contributed by atoms with Gasteiger partial charge in [-0.25, -0.2) is 4.39 Å². The van der Waals surface area contributed by atoms with Crippen LogP contribution < -0.4 is 5.32 Å². The number of hydrogen-bond donors (Lipinski definition) is 1. The molecule has 0 fully saturated rings. The Balaban J connectivity index is 2.76. The maximum atomic E-state index is 13.4. The van der Waals surface area contributed by atoms with Crippen molar-refractivity contribution >= 4 is 11.6 Å². The molecule has 0 amide bonds. The van der Waals surface area contributed by atoms with E-state index in [2.05, 4.69) is 33.0 Å². The first-order valence-corrected chi connectivity index (χ1v) is 7.89. The lowest BCUT2D eigenvalue weighted by atomic mass is 9.79. The number of rotatable bonds is 8. The molecule has 0 bridgehead atoms. The molecule has 0 saturated carbocycles. The van der Waals surface area contributed by atoms with Crippen LogP contribution in [0.5, 0.6) is 0 Å². The second kappa shape index (κ2) is 7.99. The van der Waals surface area contributed by atoms with Gasteiger partial charge in [0, 0.05) is 11.6 Å². The fourth-order valence-electron chi connectivity index (χ4n) is 2.64. The first-order valence-electron chi connectivity index (χ1n) is 7.51. The SMILES string of the molecule is CCCC(C)(CNCC(C)C)Cc1cc(F)ccc1Cl. The van der Waals surface area contributed by atoms with E-state index in [1.54, 1.807) is 12.1 Å². The molecule has 0 heterocycles. The van der Waals surface area contributed by atoms with Crippen LogP contribution in [-0.4, -0.2) is 13.1 Å². The summed E-state index contributed by atoms with van der Waals surface area (Å²) in [5.74, 6) is 0.428. The number of halogens is 2. The maximum Gasteiger partial charge on any atom is 0.123 e. The Morgan fingerprint density at radius 2 is 2.05 bits per heavy atom. The molecule has 114 valence electrons. The third kappa shape index (κ3) is 5.80. The second-order valence-electron chi connectivity index (χ2n) is 6.50. The van der Waals surface area contributed by atoms with Crippen LogP contribution in [0.1, 0.15) is 46.1 Å². The average Bonchev–Trinajstić information content (AvgIpc) is 2.33. The average molecular weight is 300 g/mol. The van der Waals surface area contributed by atoms with Crippen molar-refractivity contribution in [2.45, 2.75) is 47.0 Å². The summed E-state index contributed by atoms with van der Waals surface area (Å²) in [6.07, 6.45) is 3.03. The molecule has 3 heteroatoms. The van der Waals surface area contributed by atoms with Crippen molar-refractivity contribution in [3.05, 3.63) is 34.6 Å². The van der Waals surface area contributed by atoms with Crippen molar-refractivity contribution in [1.82, 2.24) is 5.32 Å². The topological polar surface area (TPSA) is 12.0 Å². The van der Waals surface area contributed by atoms with Gasteiger partial charge in [0.2, 0.25) is 0 Å². The molecule has 0 spiro atoms. The normalized spacial score (nSPS) is 14.6. The van der Waals surface area contributed by atoms with Crippen molar-refractivity contribution in [3.63, 3.8) is 0 Å². The first-order chi connectivity index (χ1) is 9.36. The monoisotopic (exact) mass is 299 g/mol. The number of benzene rings is 1. The number of nitrogens with one attached hydrogen (secondary N) is 1. The van der Waals surface area contributed by atoms with Crippen molar-refractivity contribution in [2.24, 2.45) is 11.3 Å². The molecular formula is C17H27ClFN. The first kappa shape index (κ1) is 17.5. The molecule has 0 aliphatic carbocycles. The van der Waals surface area contributed by atoms with Crippen LogP contribution >= 0.6 is 11.6 Å². The van der Waals surface area contributed by atoms with Crippen LogP contribution in [0.3, 0.4) is 0 Å². The third-order valence-electron chi connectivity index (χ3n) is 3.58. The molecule has 0 aromatic heterocycles. The van der Waals surface area contributed by atoms with Gasteiger partial charge in [0.15, 0.2) is 0 Å². The summed E-state index contributed by atoms with van der Waals surface area (Å²) in [4.78, 5) is 0. The van der Waals surface area contributed by atoms with Gasteiger partial charge in [-0.3, -0.25) is 0 Å². The summed E-state index contributed by atoms with van der Waals surface area (Å²) in [6.45, 7) is 10.8. The van der Waals surface area contributed by atoms with E-state index in [0.717, 1.165) is 37.9 Å². The van der Waals surface area contributed by atoms with Crippen LogP contribution in [0.15, 0.2) is 18.2 Å². The second-order valence-corrected chi connectivity index (χ2v) is 6.91. The molecular weight excluding hydrogens is 273 g/mol. The minimum absolute atomic E-state index is 0.112. The largest absolute Gasteiger partial charge is 0.316 e. The van der Waals surface area contributed by atoms with Crippen LogP contribution in [0.2, 0.25) is 5.02 Å². The van der Waals surface area contributed by atoms with E-state index in [-0.39, 0.29) is 11.2 Å². The summed E-state index contributed by atoms with van der Waals surface area (Å²) in [7, 11) is 0. The van der Waals surface area contributed by atoms with Gasteiger partial charge in [0.1, 0.15) is 5.82 Å². The Kier molecular flexibility index (Phi) is 6.97. The van der Waals surface area contributed by atoms with E-state index in [1.807, 2.05) is 0 Å². The van der Waals surface area contributed by atoms with Crippen molar-refractivity contribution in [2.75, 3.05) is 13.1 Å². The highest BCUT2D eigenvalue weighted by atomic mass is 35.5. The highest BCUT2D eigenvalue weighted by Gasteiger charge is 2.24. The molecule has 1 N–H and O–H groups in total. The van der Waals surface area contributed by atoms with Gasteiger partial charge in [-0.1, -0.05) is 45.7 Å². The van der Waals surface area contributed by atoms with E-state index < -0.39 is 0 Å². The minimum atomic E-state index is -0.210. The van der Waals surface area contributed by atoms with Crippen molar-refractivity contribution in [1.29, 1.82) is 0 Å². The summed E-state index contributed by atoms with van der Waals surface area (Å²) >= 11 is 6.20. The van der Waals surface area contributed by atoms with Gasteiger partial charge in [-0.2, -0.15) is 0 Å². The lowest BCUT2D eigenvalue weighted by Gasteiger charge is -2.31. The predicted octanol–water partition coefficient (Wildman–Crippen LogP) is 5.07. The van der Waals surface area contributed by atoms with Gasteiger partial charge < -0.3 is 5.32 Å². The number of hydrogen-bond acceptors (Lipinski definition) is 1. The Hall–Kier alpha value is -0.600. The van der Waals surface area contributed by atoms with Gasteiger partial charge >= 0.3 is 0 Å². The molecule has 0 aliphatic rings. The molecule has 0 radical (unpaired) electrons. The highest BCUT2D eigenvalue weighted by Crippen LogP contribution is 2.31. The van der Waals surface area contributed by atoms with E-state index in [0.29, 0.717) is 10.9 Å². The zero-order valence-corrected chi connectivity index (χ0v) is 13.9. The van der Waals surface area contributed by atoms with Crippen LogP contribution in [-0.2, 0) is 6.42 Å². The zero-order valence-electron chi connectivity index (χ0n) is 13.1. The molecule has 1 aromatic carbocycles. The molecule has 20 heavy (non-hydrogen) atoms. The molecule has 1 atom stereocenters. The van der Waals surface area contributed by atoms with Gasteiger partial charge in [-0.15, -0.1) is 0 Å². The van der Waals surface area contributed by atoms with Gasteiger partial charge in [0.25, 0.3) is 0 Å². The summed E-state index contributed by atoms with van der Waals surface area (Å²) in [5.41, 5.74) is 1.02. The zero-order chi connectivity index (χ0) is 15.2. The molecule has 1 aromatic rings. The summed E-state index contributed by atoms with van der Waals surface area (Å²) < 4.78 is 13.4. The Morgan fingerprint density at radius 1 is 1.35 bits per heavy atom. The molecule has 0 aliphatic heterocycles. The van der Waals surface area contributed by atoms with Crippen molar-refractivity contribution in [3.8, 4) is 0 Å². The molecule has 1 rings (SSSR count). The van der Waals surface area contributed by atoms with E-state index >= 15 is 0 Å². The Bertz CT molecular complexity index is 419. The summed E-state index contributed by atoms with van der Waals surface area (Å²) in [6, 6.07) is 4.64. The van der Waals surface area contributed by atoms with Gasteiger partial charge in [0.05, 0.1) is 0 Å². The standard InChI is InChI=1S/C17H27ClFN/c1-5-8-17(4,12-20-11-13(2)3)10-14-9-15(19)6-7-16(14)18/h6-7,9,13,20H,5,8,10-12H2,1-4H3. The minimum Gasteiger partial charge on any atom is -0.316 e. The Morgan fingerprint density at radius 3 is 2.65 bits per heavy atom. The van der Waals surface area contributed by atoms with Crippen molar-refractivity contribution < 1.29 is 4.39 Å². The predicted molar refractivity (Wildman–Crippen MR) is 85.8 cm³/mol. The third-order valence-corrected chi connectivity index (χ3v) is 3.95. The smallest absolute Gasteiger partial charge is 0.123 e. The fourth-order valence-corrected chi connectivity index (χ4v) is 2.83. The summed E-state index contributed by atoms with van der Waals surface area (Å²) in [5, 5.41) is 4.19. The lowest BCUT2D eigenvalue weighted by Crippen LogP contribution is -2.35. The van der Waals surface area contributed by atoms with Crippen LogP contribution in [0, 0.1) is 17.2 Å². The fraction of sp³-hybridized carbons (Fsp3) is 0.647. The highest BCUT2D eigenvalue weighted by molar-refractivity contribution is 6.31. The molecule has 1 nitrogen and oxygen atoms in total. The molecule has 1 unspecified atom stereocenters. The van der Waals surface area contributed by atoms with Gasteiger partial charge in [-0.05, 0) is 54.5 Å². The van der Waals surface area contributed by atoms with Crippen LogP contribution in [0.4, 0.5) is 4.39 Å². The van der Waals surface area contributed by atoms with E-state index in [1.165, 1.54) is 6.07 Å². The van der Waals surface area contributed by atoms with E-state index in [9.17, 15) is 4.39 Å². The van der Waals surface area contributed by atoms with Crippen LogP contribution in [0.25, 0.3) is 0 Å². The Labute approximate surface area is 127 Å². The van der Waals surface area contributed by atoms with E-state index in [4.69, 9.17) is 11.6 Å². The lowest BCUT2D eigenvalue weighted by molar-refractivity contribution is 0.270.